The van der Waals surface area contributed by atoms with Gasteiger partial charge in [-0.3, -0.25) is 9.88 Å². The van der Waals surface area contributed by atoms with Crippen molar-refractivity contribution in [1.29, 1.82) is 0 Å². The average Bonchev–Trinajstić information content (AvgIpc) is 3.05. The fourth-order valence-corrected chi connectivity index (χ4v) is 4.82. The zero-order valence-electron chi connectivity index (χ0n) is 15.0. The predicted molar refractivity (Wildman–Crippen MR) is 107 cm³/mol. The normalized spacial score (nSPS) is 16.1. The molecule has 7 nitrogen and oxygen atoms in total. The molecule has 1 saturated heterocycles. The van der Waals surface area contributed by atoms with Crippen molar-refractivity contribution in [2.24, 2.45) is 5.14 Å². The fourth-order valence-electron chi connectivity index (χ4n) is 3.49. The quantitative estimate of drug-likeness (QED) is 0.716. The molecule has 3 heterocycles. The number of rotatable bonds is 4. The van der Waals surface area contributed by atoms with Crippen LogP contribution in [0.5, 0.6) is 0 Å². The van der Waals surface area contributed by atoms with Crippen LogP contribution in [0.15, 0.2) is 40.7 Å². The summed E-state index contributed by atoms with van der Waals surface area (Å²) in [5, 5.41) is 9.14. The highest BCUT2D eigenvalue weighted by Gasteiger charge is 2.22. The van der Waals surface area contributed by atoms with Gasteiger partial charge in [-0.15, -0.1) is 11.3 Å². The molecule has 0 radical (unpaired) electrons. The number of nitrogens with zero attached hydrogens (tertiary/aromatic N) is 4. The van der Waals surface area contributed by atoms with E-state index in [9.17, 15) is 8.42 Å². The van der Waals surface area contributed by atoms with Crippen molar-refractivity contribution >= 4 is 38.0 Å². The average molecular weight is 404 g/mol. The Morgan fingerprint density at radius 2 is 1.96 bits per heavy atom. The zero-order valence-corrected chi connectivity index (χ0v) is 16.6. The Morgan fingerprint density at radius 1 is 1.19 bits per heavy atom. The van der Waals surface area contributed by atoms with Gasteiger partial charge in [0.1, 0.15) is 0 Å². The SMILES string of the molecule is Cc1nc(CN2CCN(c3ccc(S(N)(=O)=O)c4cccnc34)CC2)cs1. The van der Waals surface area contributed by atoms with E-state index in [1.54, 1.807) is 35.7 Å². The number of hydrogen-bond donors (Lipinski definition) is 1. The second-order valence-electron chi connectivity index (χ2n) is 6.65. The summed E-state index contributed by atoms with van der Waals surface area (Å²) in [6.07, 6.45) is 1.68. The smallest absolute Gasteiger partial charge is 0.238 e. The molecule has 0 amide bonds. The molecule has 1 fully saturated rings. The van der Waals surface area contributed by atoms with Gasteiger partial charge in [-0.25, -0.2) is 18.5 Å². The number of nitrogens with two attached hydrogens (primary N) is 1. The number of thiazole rings is 1. The number of pyridine rings is 1. The van der Waals surface area contributed by atoms with Crippen molar-refractivity contribution in [1.82, 2.24) is 14.9 Å². The van der Waals surface area contributed by atoms with E-state index >= 15 is 0 Å². The van der Waals surface area contributed by atoms with Crippen molar-refractivity contribution in [2.75, 3.05) is 31.1 Å². The van der Waals surface area contributed by atoms with Crippen LogP contribution >= 0.6 is 11.3 Å². The standard InChI is InChI=1S/C18H21N5O2S2/c1-13-21-14(12-26-13)11-22-7-9-23(10-8-22)16-4-5-17(27(19,24)25)15-3-2-6-20-18(15)16/h2-6,12H,7-11H2,1H3,(H2,19,24,25). The second-order valence-corrected chi connectivity index (χ2v) is 9.24. The molecule has 27 heavy (non-hydrogen) atoms. The summed E-state index contributed by atoms with van der Waals surface area (Å²) in [5.74, 6) is 0. The van der Waals surface area contributed by atoms with E-state index in [0.717, 1.165) is 49.1 Å². The molecule has 0 unspecified atom stereocenters. The fraction of sp³-hybridized carbons (Fsp3) is 0.333. The maximum Gasteiger partial charge on any atom is 0.238 e. The van der Waals surface area contributed by atoms with Crippen LogP contribution in [0, 0.1) is 6.92 Å². The van der Waals surface area contributed by atoms with E-state index in [4.69, 9.17) is 5.14 Å². The van der Waals surface area contributed by atoms with Crippen LogP contribution < -0.4 is 10.0 Å². The molecule has 1 aliphatic rings. The molecule has 1 aliphatic heterocycles. The highest BCUT2D eigenvalue weighted by molar-refractivity contribution is 7.89. The van der Waals surface area contributed by atoms with E-state index in [1.807, 2.05) is 13.0 Å². The maximum atomic E-state index is 11.9. The first kappa shape index (κ1) is 18.3. The number of aryl methyl sites for hydroxylation is 1. The first-order chi connectivity index (χ1) is 12.9. The molecule has 0 aliphatic carbocycles. The molecule has 142 valence electrons. The van der Waals surface area contributed by atoms with Crippen LogP contribution in [0.1, 0.15) is 10.7 Å². The summed E-state index contributed by atoms with van der Waals surface area (Å²) in [6, 6.07) is 6.88. The first-order valence-corrected chi connectivity index (χ1v) is 11.1. The Bertz CT molecular complexity index is 1070. The summed E-state index contributed by atoms with van der Waals surface area (Å²) >= 11 is 1.68. The number of sulfonamides is 1. The number of anilines is 1. The van der Waals surface area contributed by atoms with Gasteiger partial charge in [0.25, 0.3) is 0 Å². The molecule has 0 spiro atoms. The lowest BCUT2D eigenvalue weighted by Crippen LogP contribution is -2.46. The Labute approximate surface area is 162 Å². The maximum absolute atomic E-state index is 11.9. The van der Waals surface area contributed by atoms with Crippen LogP contribution in [-0.2, 0) is 16.6 Å². The second kappa shape index (κ2) is 7.16. The van der Waals surface area contributed by atoms with Crippen LogP contribution in [0.25, 0.3) is 10.9 Å². The molecular weight excluding hydrogens is 382 g/mol. The third-order valence-electron chi connectivity index (χ3n) is 4.78. The highest BCUT2D eigenvalue weighted by Crippen LogP contribution is 2.30. The molecule has 0 saturated carbocycles. The minimum atomic E-state index is -3.79. The predicted octanol–water partition coefficient (Wildman–Crippen LogP) is 1.97. The van der Waals surface area contributed by atoms with Crippen molar-refractivity contribution in [3.63, 3.8) is 0 Å². The Kier molecular flexibility index (Phi) is 4.85. The number of benzene rings is 1. The lowest BCUT2D eigenvalue weighted by Gasteiger charge is -2.36. The van der Waals surface area contributed by atoms with Gasteiger partial charge in [0.05, 0.1) is 26.8 Å². The minimum absolute atomic E-state index is 0.117. The largest absolute Gasteiger partial charge is 0.367 e. The minimum Gasteiger partial charge on any atom is -0.367 e. The lowest BCUT2D eigenvalue weighted by atomic mass is 10.1. The van der Waals surface area contributed by atoms with Gasteiger partial charge < -0.3 is 4.90 Å². The van der Waals surface area contributed by atoms with Crippen molar-refractivity contribution in [3.05, 3.63) is 46.5 Å². The Hall–Kier alpha value is -2.07. The van der Waals surface area contributed by atoms with Crippen molar-refractivity contribution < 1.29 is 8.42 Å². The topological polar surface area (TPSA) is 92.4 Å². The van der Waals surface area contributed by atoms with Gasteiger partial charge in [0.2, 0.25) is 10.0 Å². The van der Waals surface area contributed by atoms with Crippen LogP contribution in [0.4, 0.5) is 5.69 Å². The summed E-state index contributed by atoms with van der Waals surface area (Å²) in [5.41, 5.74) is 2.74. The number of hydrogen-bond acceptors (Lipinski definition) is 7. The third kappa shape index (κ3) is 3.81. The Balaban J connectivity index is 1.56. The number of aromatic nitrogens is 2. The number of primary sulfonamides is 1. The van der Waals surface area contributed by atoms with Crippen molar-refractivity contribution in [2.45, 2.75) is 18.4 Å². The van der Waals surface area contributed by atoms with E-state index < -0.39 is 10.0 Å². The zero-order chi connectivity index (χ0) is 19.0. The summed E-state index contributed by atoms with van der Waals surface area (Å²) in [4.78, 5) is 13.7. The van der Waals surface area contributed by atoms with Crippen LogP contribution in [0.2, 0.25) is 0 Å². The molecule has 3 aromatic rings. The molecular formula is C18H21N5O2S2. The molecule has 0 atom stereocenters. The van der Waals surface area contributed by atoms with E-state index in [0.29, 0.717) is 10.9 Å². The van der Waals surface area contributed by atoms with Crippen LogP contribution in [0.3, 0.4) is 0 Å². The summed E-state index contributed by atoms with van der Waals surface area (Å²) in [7, 11) is -3.79. The van der Waals surface area contributed by atoms with Gasteiger partial charge in [-0.2, -0.15) is 0 Å². The summed E-state index contributed by atoms with van der Waals surface area (Å²) in [6.45, 7) is 6.42. The molecule has 2 aromatic heterocycles. The molecule has 0 bridgehead atoms. The monoisotopic (exact) mass is 403 g/mol. The van der Waals surface area contributed by atoms with Crippen molar-refractivity contribution in [3.8, 4) is 0 Å². The van der Waals surface area contributed by atoms with Gasteiger partial charge in [0, 0.05) is 49.7 Å². The van der Waals surface area contributed by atoms with E-state index in [-0.39, 0.29) is 4.90 Å². The van der Waals surface area contributed by atoms with Crippen LogP contribution in [-0.4, -0.2) is 49.5 Å². The van der Waals surface area contributed by atoms with Gasteiger partial charge in [-0.1, -0.05) is 0 Å². The number of fused-ring (bicyclic) bond motifs is 1. The highest BCUT2D eigenvalue weighted by atomic mass is 32.2. The molecule has 2 N–H and O–H groups in total. The van der Waals surface area contributed by atoms with Gasteiger partial charge >= 0.3 is 0 Å². The summed E-state index contributed by atoms with van der Waals surface area (Å²) < 4.78 is 23.8. The lowest BCUT2D eigenvalue weighted by molar-refractivity contribution is 0.247. The first-order valence-electron chi connectivity index (χ1n) is 8.71. The molecule has 9 heteroatoms. The van der Waals surface area contributed by atoms with E-state index in [2.05, 4.69) is 25.1 Å². The molecule has 4 rings (SSSR count). The van der Waals surface area contributed by atoms with E-state index in [1.165, 1.54) is 0 Å². The third-order valence-corrected chi connectivity index (χ3v) is 6.57. The van der Waals surface area contributed by atoms with Gasteiger partial charge in [0.15, 0.2) is 0 Å². The number of piperazine rings is 1. The molecule has 1 aromatic carbocycles. The van der Waals surface area contributed by atoms with Gasteiger partial charge in [-0.05, 0) is 31.2 Å². The Morgan fingerprint density at radius 3 is 2.63 bits per heavy atom.